The van der Waals surface area contributed by atoms with E-state index in [-0.39, 0.29) is 18.1 Å². The van der Waals surface area contributed by atoms with E-state index >= 15 is 0 Å². The number of sulfonamides is 1. The largest absolute Gasteiger partial charge is 0.490 e. The van der Waals surface area contributed by atoms with Gasteiger partial charge in [-0.05, 0) is 42.5 Å². The van der Waals surface area contributed by atoms with E-state index in [2.05, 4.69) is 4.98 Å². The summed E-state index contributed by atoms with van der Waals surface area (Å²) in [5.41, 5.74) is 1.15. The van der Waals surface area contributed by atoms with Crippen LogP contribution in [0.3, 0.4) is 0 Å². The fourth-order valence-corrected chi connectivity index (χ4v) is 2.89. The summed E-state index contributed by atoms with van der Waals surface area (Å²) < 4.78 is 33.0. The summed E-state index contributed by atoms with van der Waals surface area (Å²) in [7, 11) is -3.73. The fourth-order valence-electron chi connectivity index (χ4n) is 2.38. The second-order valence-electron chi connectivity index (χ2n) is 5.38. The second kappa shape index (κ2) is 7.51. The lowest BCUT2D eigenvalue weighted by molar-refractivity contribution is 0.0452. The zero-order chi connectivity index (χ0) is 18.6. The van der Waals surface area contributed by atoms with Gasteiger partial charge in [0, 0.05) is 11.6 Å². The summed E-state index contributed by atoms with van der Waals surface area (Å²) in [6, 6.07) is 14.5. The third kappa shape index (κ3) is 4.16. The number of benzene rings is 2. The average Bonchev–Trinajstić information content (AvgIpc) is 2.64. The SMILES string of the molecule is NS(=O)(=O)c1ccc(OCCOC(=O)c2cccc3ncccc23)cc1. The molecule has 7 nitrogen and oxygen atoms in total. The summed E-state index contributed by atoms with van der Waals surface area (Å²) in [6.07, 6.45) is 1.66. The van der Waals surface area contributed by atoms with Crippen LogP contribution >= 0.6 is 0 Å². The van der Waals surface area contributed by atoms with Crippen molar-refractivity contribution in [2.75, 3.05) is 13.2 Å². The number of fused-ring (bicyclic) bond motifs is 1. The number of hydrogen-bond acceptors (Lipinski definition) is 6. The lowest BCUT2D eigenvalue weighted by Gasteiger charge is -2.09. The molecule has 3 rings (SSSR count). The van der Waals surface area contributed by atoms with Crippen molar-refractivity contribution in [2.24, 2.45) is 5.14 Å². The quantitative estimate of drug-likeness (QED) is 0.524. The number of hydrogen-bond donors (Lipinski definition) is 1. The summed E-state index contributed by atoms with van der Waals surface area (Å²) in [6.45, 7) is 0.176. The number of carbonyl (C=O) groups excluding carboxylic acids is 1. The van der Waals surface area contributed by atoms with E-state index in [1.54, 1.807) is 24.4 Å². The highest BCUT2D eigenvalue weighted by Gasteiger charge is 2.11. The van der Waals surface area contributed by atoms with Gasteiger partial charge in [0.05, 0.1) is 16.0 Å². The number of aromatic nitrogens is 1. The molecule has 134 valence electrons. The molecule has 0 aliphatic carbocycles. The molecule has 0 saturated carbocycles. The van der Waals surface area contributed by atoms with Crippen LogP contribution in [0.1, 0.15) is 10.4 Å². The third-order valence-electron chi connectivity index (χ3n) is 3.60. The molecule has 0 atom stereocenters. The first-order valence-electron chi connectivity index (χ1n) is 7.72. The van der Waals surface area contributed by atoms with E-state index in [0.29, 0.717) is 16.8 Å². The molecule has 0 spiro atoms. The number of ether oxygens (including phenoxy) is 2. The van der Waals surface area contributed by atoms with E-state index in [4.69, 9.17) is 14.6 Å². The maximum absolute atomic E-state index is 12.2. The maximum atomic E-state index is 12.2. The molecule has 2 aromatic carbocycles. The van der Waals surface area contributed by atoms with Gasteiger partial charge in [0.2, 0.25) is 10.0 Å². The lowest BCUT2D eigenvalue weighted by Crippen LogP contribution is -2.13. The van der Waals surface area contributed by atoms with E-state index in [9.17, 15) is 13.2 Å². The molecular weight excluding hydrogens is 356 g/mol. The van der Waals surface area contributed by atoms with Crippen molar-refractivity contribution in [3.63, 3.8) is 0 Å². The van der Waals surface area contributed by atoms with Crippen molar-refractivity contribution in [2.45, 2.75) is 4.90 Å². The molecule has 0 saturated heterocycles. The molecule has 3 aromatic rings. The van der Waals surface area contributed by atoms with Gasteiger partial charge in [-0.15, -0.1) is 0 Å². The van der Waals surface area contributed by atoms with Gasteiger partial charge in [0.1, 0.15) is 19.0 Å². The Morgan fingerprint density at radius 2 is 1.77 bits per heavy atom. The molecule has 0 unspecified atom stereocenters. The number of nitrogens with two attached hydrogens (primary N) is 1. The van der Waals surface area contributed by atoms with E-state index in [1.807, 2.05) is 12.1 Å². The van der Waals surface area contributed by atoms with Crippen LogP contribution in [-0.4, -0.2) is 32.6 Å². The zero-order valence-electron chi connectivity index (χ0n) is 13.7. The third-order valence-corrected chi connectivity index (χ3v) is 4.53. The Bertz CT molecular complexity index is 1030. The summed E-state index contributed by atoms with van der Waals surface area (Å²) in [5.74, 6) is -0.0143. The molecule has 0 fully saturated rings. The smallest absolute Gasteiger partial charge is 0.338 e. The number of pyridine rings is 1. The number of esters is 1. The van der Waals surface area contributed by atoms with Crippen molar-refractivity contribution in [1.29, 1.82) is 0 Å². The number of carbonyl (C=O) groups is 1. The van der Waals surface area contributed by atoms with Crippen LogP contribution in [0.2, 0.25) is 0 Å². The van der Waals surface area contributed by atoms with Crippen molar-refractivity contribution < 1.29 is 22.7 Å². The lowest BCUT2D eigenvalue weighted by atomic mass is 10.1. The highest BCUT2D eigenvalue weighted by molar-refractivity contribution is 7.89. The van der Waals surface area contributed by atoms with Gasteiger partial charge in [0.25, 0.3) is 0 Å². The van der Waals surface area contributed by atoms with Gasteiger partial charge >= 0.3 is 5.97 Å². The van der Waals surface area contributed by atoms with Gasteiger partial charge in [-0.25, -0.2) is 18.4 Å². The molecule has 1 heterocycles. The monoisotopic (exact) mass is 372 g/mol. The van der Waals surface area contributed by atoms with E-state index in [0.717, 1.165) is 5.39 Å². The van der Waals surface area contributed by atoms with Gasteiger partial charge in [0.15, 0.2) is 0 Å². The van der Waals surface area contributed by atoms with Gasteiger partial charge in [-0.3, -0.25) is 4.98 Å². The van der Waals surface area contributed by atoms with Crippen molar-refractivity contribution in [1.82, 2.24) is 4.98 Å². The van der Waals surface area contributed by atoms with E-state index in [1.165, 1.54) is 24.3 Å². The van der Waals surface area contributed by atoms with Crippen molar-refractivity contribution in [3.05, 3.63) is 66.4 Å². The molecule has 0 amide bonds. The van der Waals surface area contributed by atoms with Crippen molar-refractivity contribution in [3.8, 4) is 5.75 Å². The summed E-state index contributed by atoms with van der Waals surface area (Å²) in [4.78, 5) is 16.4. The summed E-state index contributed by atoms with van der Waals surface area (Å²) >= 11 is 0. The second-order valence-corrected chi connectivity index (χ2v) is 6.94. The molecule has 1 aromatic heterocycles. The Labute approximate surface area is 150 Å². The number of primary sulfonamides is 1. The molecule has 26 heavy (non-hydrogen) atoms. The Morgan fingerprint density at radius 3 is 2.50 bits per heavy atom. The van der Waals surface area contributed by atoms with Crippen LogP contribution < -0.4 is 9.88 Å². The first-order chi connectivity index (χ1) is 12.4. The minimum Gasteiger partial charge on any atom is -0.490 e. The zero-order valence-corrected chi connectivity index (χ0v) is 14.5. The molecule has 0 bridgehead atoms. The number of nitrogens with zero attached hydrogens (tertiary/aromatic N) is 1. The number of rotatable bonds is 6. The van der Waals surface area contributed by atoms with Gasteiger partial charge < -0.3 is 9.47 Å². The Kier molecular flexibility index (Phi) is 5.15. The molecule has 0 aliphatic rings. The fraction of sp³-hybridized carbons (Fsp3) is 0.111. The van der Waals surface area contributed by atoms with Crippen LogP contribution in [0, 0.1) is 0 Å². The predicted molar refractivity (Wildman–Crippen MR) is 95.3 cm³/mol. The normalized spacial score (nSPS) is 11.3. The van der Waals surface area contributed by atoms with E-state index < -0.39 is 16.0 Å². The van der Waals surface area contributed by atoms with Crippen LogP contribution in [0.15, 0.2) is 65.7 Å². The highest BCUT2D eigenvalue weighted by Crippen LogP contribution is 2.18. The maximum Gasteiger partial charge on any atom is 0.338 e. The Hall–Kier alpha value is -2.97. The summed E-state index contributed by atoms with van der Waals surface area (Å²) in [5, 5.41) is 5.75. The van der Waals surface area contributed by atoms with Crippen LogP contribution in [-0.2, 0) is 14.8 Å². The van der Waals surface area contributed by atoms with Gasteiger partial charge in [-0.2, -0.15) is 0 Å². The minimum atomic E-state index is -3.73. The highest BCUT2D eigenvalue weighted by atomic mass is 32.2. The molecule has 0 radical (unpaired) electrons. The molecule has 0 aliphatic heterocycles. The van der Waals surface area contributed by atoms with Crippen LogP contribution in [0.4, 0.5) is 0 Å². The van der Waals surface area contributed by atoms with Crippen LogP contribution in [0.5, 0.6) is 5.75 Å². The first-order valence-corrected chi connectivity index (χ1v) is 9.26. The first kappa shape index (κ1) is 17.8. The van der Waals surface area contributed by atoms with Crippen molar-refractivity contribution >= 4 is 26.9 Å². The predicted octanol–water partition coefficient (Wildman–Crippen LogP) is 2.12. The minimum absolute atomic E-state index is 0.000781. The molecule has 2 N–H and O–H groups in total. The van der Waals surface area contributed by atoms with Crippen LogP contribution in [0.25, 0.3) is 10.9 Å². The average molecular weight is 372 g/mol. The molecule has 8 heteroatoms. The standard InChI is InChI=1S/C18H16N2O5S/c19-26(22,23)14-8-6-13(7-9-14)24-11-12-25-18(21)16-3-1-5-17-15(16)4-2-10-20-17/h1-10H,11-12H2,(H2,19,22,23). The Balaban J connectivity index is 1.55. The topological polar surface area (TPSA) is 109 Å². The Morgan fingerprint density at radius 1 is 1.00 bits per heavy atom. The molecular formula is C18H16N2O5S. The van der Waals surface area contributed by atoms with Gasteiger partial charge in [-0.1, -0.05) is 12.1 Å².